The van der Waals surface area contributed by atoms with E-state index in [1.807, 2.05) is 6.92 Å². The fourth-order valence-corrected chi connectivity index (χ4v) is 2.39. The van der Waals surface area contributed by atoms with Crippen molar-refractivity contribution in [2.75, 3.05) is 11.1 Å². The summed E-state index contributed by atoms with van der Waals surface area (Å²) in [6.45, 7) is 1.87. The number of carbonyl (C=O) groups excluding carboxylic acids is 1. The molecule has 0 aliphatic rings. The van der Waals surface area contributed by atoms with Crippen LogP contribution in [0.25, 0.3) is 0 Å². The zero-order chi connectivity index (χ0) is 12.4. The third-order valence-electron chi connectivity index (χ3n) is 2.22. The standard InChI is InChI=1S/C11H10BrN3OS/c1-6-2-10(14-4-8(6)13)15-11(16)7-3-9(12)17-5-7/h2-5H,13H2,1H3,(H,14,15,16). The highest BCUT2D eigenvalue weighted by molar-refractivity contribution is 9.11. The SMILES string of the molecule is Cc1cc(NC(=O)c2csc(Br)c2)ncc1N. The maximum absolute atomic E-state index is 11.8. The van der Waals surface area contributed by atoms with E-state index in [1.165, 1.54) is 17.5 Å². The predicted octanol–water partition coefficient (Wildman–Crippen LogP) is 3.05. The van der Waals surface area contributed by atoms with Crippen LogP contribution in [0.5, 0.6) is 0 Å². The van der Waals surface area contributed by atoms with Crippen molar-refractivity contribution in [2.24, 2.45) is 0 Å². The number of nitrogens with zero attached hydrogens (tertiary/aromatic N) is 1. The fraction of sp³-hybridized carbons (Fsp3) is 0.0909. The highest BCUT2D eigenvalue weighted by atomic mass is 79.9. The van der Waals surface area contributed by atoms with E-state index >= 15 is 0 Å². The Morgan fingerprint density at radius 1 is 1.53 bits per heavy atom. The Kier molecular flexibility index (Phi) is 3.44. The van der Waals surface area contributed by atoms with Crippen molar-refractivity contribution < 1.29 is 4.79 Å². The van der Waals surface area contributed by atoms with E-state index in [-0.39, 0.29) is 5.91 Å². The highest BCUT2D eigenvalue weighted by Gasteiger charge is 2.09. The molecule has 4 nitrogen and oxygen atoms in total. The molecule has 0 unspecified atom stereocenters. The minimum absolute atomic E-state index is 0.177. The van der Waals surface area contributed by atoms with Gasteiger partial charge < -0.3 is 11.1 Å². The van der Waals surface area contributed by atoms with Crippen LogP contribution in [0.2, 0.25) is 0 Å². The first-order valence-corrected chi connectivity index (χ1v) is 6.51. The summed E-state index contributed by atoms with van der Waals surface area (Å²) in [5.74, 6) is 0.327. The number of aromatic nitrogens is 1. The van der Waals surface area contributed by atoms with E-state index < -0.39 is 0 Å². The van der Waals surface area contributed by atoms with E-state index in [2.05, 4.69) is 26.2 Å². The molecule has 2 aromatic heterocycles. The van der Waals surface area contributed by atoms with Gasteiger partial charge in [-0.15, -0.1) is 11.3 Å². The number of aryl methyl sites for hydroxylation is 1. The maximum atomic E-state index is 11.8. The Morgan fingerprint density at radius 3 is 2.88 bits per heavy atom. The second-order valence-electron chi connectivity index (χ2n) is 3.52. The van der Waals surface area contributed by atoms with Crippen molar-refractivity contribution in [3.63, 3.8) is 0 Å². The number of pyridine rings is 1. The molecule has 0 radical (unpaired) electrons. The summed E-state index contributed by atoms with van der Waals surface area (Å²) in [4.78, 5) is 15.9. The van der Waals surface area contributed by atoms with Gasteiger partial charge in [0.25, 0.3) is 5.91 Å². The van der Waals surface area contributed by atoms with Gasteiger partial charge in [-0.3, -0.25) is 4.79 Å². The number of amides is 1. The smallest absolute Gasteiger partial charge is 0.257 e. The summed E-state index contributed by atoms with van der Waals surface area (Å²) < 4.78 is 0.920. The van der Waals surface area contributed by atoms with Crippen molar-refractivity contribution in [3.05, 3.63) is 38.6 Å². The van der Waals surface area contributed by atoms with Gasteiger partial charge in [0.15, 0.2) is 0 Å². The quantitative estimate of drug-likeness (QED) is 0.895. The molecule has 0 spiro atoms. The fourth-order valence-electron chi connectivity index (χ4n) is 1.25. The normalized spacial score (nSPS) is 10.2. The van der Waals surface area contributed by atoms with Crippen LogP contribution in [0.15, 0.2) is 27.5 Å². The van der Waals surface area contributed by atoms with Gasteiger partial charge in [-0.05, 0) is 40.5 Å². The molecule has 0 atom stereocenters. The first-order chi connectivity index (χ1) is 8.06. The number of nitrogens with one attached hydrogen (secondary N) is 1. The summed E-state index contributed by atoms with van der Waals surface area (Å²) >= 11 is 4.78. The van der Waals surface area contributed by atoms with E-state index in [9.17, 15) is 4.79 Å². The van der Waals surface area contributed by atoms with Gasteiger partial charge >= 0.3 is 0 Å². The number of rotatable bonds is 2. The van der Waals surface area contributed by atoms with Gasteiger partial charge in [0, 0.05) is 5.38 Å². The Balaban J connectivity index is 2.15. The summed E-state index contributed by atoms with van der Waals surface area (Å²) in [5.41, 5.74) is 7.77. The third-order valence-corrected chi connectivity index (χ3v) is 3.73. The molecule has 0 bridgehead atoms. The lowest BCUT2D eigenvalue weighted by Crippen LogP contribution is -2.12. The molecular formula is C11H10BrN3OS. The minimum Gasteiger partial charge on any atom is -0.397 e. The van der Waals surface area contributed by atoms with Crippen LogP contribution >= 0.6 is 27.3 Å². The summed E-state index contributed by atoms with van der Waals surface area (Å²) in [6.07, 6.45) is 1.54. The zero-order valence-corrected chi connectivity index (χ0v) is 11.4. The lowest BCUT2D eigenvalue weighted by atomic mass is 10.2. The molecule has 1 amide bonds. The Hall–Kier alpha value is -1.40. The molecule has 88 valence electrons. The van der Waals surface area contributed by atoms with Gasteiger partial charge in [-0.25, -0.2) is 4.98 Å². The van der Waals surface area contributed by atoms with Gasteiger partial charge in [-0.1, -0.05) is 0 Å². The van der Waals surface area contributed by atoms with Crippen LogP contribution in [0.1, 0.15) is 15.9 Å². The summed E-state index contributed by atoms with van der Waals surface area (Å²) in [7, 11) is 0. The molecule has 0 fully saturated rings. The van der Waals surface area contributed by atoms with E-state index in [0.29, 0.717) is 17.1 Å². The highest BCUT2D eigenvalue weighted by Crippen LogP contribution is 2.21. The van der Waals surface area contributed by atoms with Crippen molar-refractivity contribution in [2.45, 2.75) is 6.92 Å². The first-order valence-electron chi connectivity index (χ1n) is 4.84. The number of thiophene rings is 1. The number of carbonyl (C=O) groups is 1. The topological polar surface area (TPSA) is 68.0 Å². The van der Waals surface area contributed by atoms with Gasteiger partial charge in [0.2, 0.25) is 0 Å². The number of hydrogen-bond donors (Lipinski definition) is 2. The number of nitrogen functional groups attached to an aromatic ring is 1. The van der Waals surface area contributed by atoms with Crippen molar-refractivity contribution >= 4 is 44.7 Å². The van der Waals surface area contributed by atoms with Crippen LogP contribution in [-0.2, 0) is 0 Å². The molecule has 0 aliphatic heterocycles. The number of anilines is 2. The molecule has 2 heterocycles. The van der Waals surface area contributed by atoms with Crippen LogP contribution in [0, 0.1) is 6.92 Å². The lowest BCUT2D eigenvalue weighted by molar-refractivity contribution is 0.102. The Morgan fingerprint density at radius 2 is 2.29 bits per heavy atom. The summed E-state index contributed by atoms with van der Waals surface area (Å²) in [5, 5.41) is 4.50. The van der Waals surface area contributed by atoms with Crippen LogP contribution in [0.3, 0.4) is 0 Å². The Bertz CT molecular complexity index is 568. The molecule has 2 aromatic rings. The predicted molar refractivity (Wildman–Crippen MR) is 73.4 cm³/mol. The molecule has 0 saturated heterocycles. The lowest BCUT2D eigenvalue weighted by Gasteiger charge is -2.05. The van der Waals surface area contributed by atoms with Crippen molar-refractivity contribution in [3.8, 4) is 0 Å². The molecule has 0 aromatic carbocycles. The van der Waals surface area contributed by atoms with E-state index in [0.717, 1.165) is 9.35 Å². The number of hydrogen-bond acceptors (Lipinski definition) is 4. The third kappa shape index (κ3) is 2.83. The second kappa shape index (κ2) is 4.85. The van der Waals surface area contributed by atoms with Crippen LogP contribution in [0.4, 0.5) is 11.5 Å². The van der Waals surface area contributed by atoms with Crippen LogP contribution < -0.4 is 11.1 Å². The van der Waals surface area contributed by atoms with E-state index in [1.54, 1.807) is 17.5 Å². The molecule has 0 saturated carbocycles. The van der Waals surface area contributed by atoms with Gasteiger partial charge in [0.1, 0.15) is 5.82 Å². The summed E-state index contributed by atoms with van der Waals surface area (Å²) in [6, 6.07) is 3.51. The molecule has 2 rings (SSSR count). The van der Waals surface area contributed by atoms with E-state index in [4.69, 9.17) is 5.73 Å². The average Bonchev–Trinajstić information content (AvgIpc) is 2.70. The largest absolute Gasteiger partial charge is 0.397 e. The van der Waals surface area contributed by atoms with Gasteiger partial charge in [0.05, 0.1) is 21.2 Å². The Labute approximate surface area is 111 Å². The number of halogens is 1. The molecular weight excluding hydrogens is 302 g/mol. The zero-order valence-electron chi connectivity index (χ0n) is 9.03. The average molecular weight is 312 g/mol. The second-order valence-corrected chi connectivity index (χ2v) is 5.81. The van der Waals surface area contributed by atoms with Crippen LogP contribution in [-0.4, -0.2) is 10.9 Å². The van der Waals surface area contributed by atoms with Gasteiger partial charge in [-0.2, -0.15) is 0 Å². The molecule has 17 heavy (non-hydrogen) atoms. The molecule has 3 N–H and O–H groups in total. The van der Waals surface area contributed by atoms with Crippen molar-refractivity contribution in [1.82, 2.24) is 4.98 Å². The first kappa shape index (κ1) is 12.1. The number of nitrogens with two attached hydrogens (primary N) is 1. The molecule has 6 heteroatoms. The minimum atomic E-state index is -0.177. The monoisotopic (exact) mass is 311 g/mol. The van der Waals surface area contributed by atoms with Crippen molar-refractivity contribution in [1.29, 1.82) is 0 Å². The molecule has 0 aliphatic carbocycles. The maximum Gasteiger partial charge on any atom is 0.257 e.